The van der Waals surface area contributed by atoms with Crippen LogP contribution in [0.2, 0.25) is 10.0 Å². The fourth-order valence-corrected chi connectivity index (χ4v) is 3.12. The highest BCUT2D eigenvalue weighted by Crippen LogP contribution is 2.39. The number of ether oxygens (including phenoxy) is 1. The Morgan fingerprint density at radius 1 is 1.21 bits per heavy atom. The summed E-state index contributed by atoms with van der Waals surface area (Å²) in [4.78, 5) is 37.7. The van der Waals surface area contributed by atoms with Gasteiger partial charge in [0.05, 0.1) is 21.3 Å². The molecule has 152 valence electrons. The van der Waals surface area contributed by atoms with E-state index in [1.54, 1.807) is 13.8 Å². The van der Waals surface area contributed by atoms with Crippen LogP contribution in [0.3, 0.4) is 0 Å². The molecule has 0 amide bonds. The van der Waals surface area contributed by atoms with Crippen LogP contribution < -0.4 is 27.4 Å². The van der Waals surface area contributed by atoms with E-state index < -0.39 is 22.6 Å². The zero-order chi connectivity index (χ0) is 21.5. The van der Waals surface area contributed by atoms with E-state index in [1.165, 1.54) is 12.1 Å². The molecule has 2 heterocycles. The Hall–Kier alpha value is -3.11. The van der Waals surface area contributed by atoms with Crippen LogP contribution in [-0.2, 0) is 0 Å². The van der Waals surface area contributed by atoms with Crippen LogP contribution in [0.1, 0.15) is 25.3 Å². The number of aromatic amines is 1. The maximum absolute atomic E-state index is 14.7. The van der Waals surface area contributed by atoms with E-state index in [9.17, 15) is 18.8 Å². The summed E-state index contributed by atoms with van der Waals surface area (Å²) >= 11 is 12.4. The largest absolute Gasteiger partial charge is 0.450 e. The molecule has 3 aromatic rings. The number of aromatic nitrogens is 4. The molecule has 0 aliphatic heterocycles. The number of nitrogens with two attached hydrogens (primary N) is 1. The van der Waals surface area contributed by atoms with Crippen molar-refractivity contribution < 1.29 is 9.13 Å². The summed E-state index contributed by atoms with van der Waals surface area (Å²) in [7, 11) is 0. The number of halogens is 3. The third-order valence-corrected chi connectivity index (χ3v) is 4.52. The minimum atomic E-state index is -0.924. The second-order valence-electron chi connectivity index (χ2n) is 6.25. The van der Waals surface area contributed by atoms with E-state index in [4.69, 9.17) is 33.8 Å². The van der Waals surface area contributed by atoms with Crippen LogP contribution in [0.5, 0.6) is 11.5 Å². The van der Waals surface area contributed by atoms with Gasteiger partial charge in [-0.1, -0.05) is 37.0 Å². The van der Waals surface area contributed by atoms with Crippen LogP contribution in [-0.4, -0.2) is 19.4 Å². The van der Waals surface area contributed by atoms with E-state index in [-0.39, 0.29) is 38.7 Å². The molecular weight excluding hydrogens is 428 g/mol. The van der Waals surface area contributed by atoms with E-state index in [0.29, 0.717) is 4.68 Å². The smallest absolute Gasteiger partial charge is 0.370 e. The first-order valence-corrected chi connectivity index (χ1v) is 8.92. The molecular formula is C17H14Cl2FN5O4. The number of rotatable bonds is 4. The third-order valence-electron chi connectivity index (χ3n) is 3.96. The first kappa shape index (κ1) is 20.6. The number of benzene rings is 1. The first-order valence-electron chi connectivity index (χ1n) is 8.16. The summed E-state index contributed by atoms with van der Waals surface area (Å²) in [5.74, 6) is 3.75. The average Bonchev–Trinajstić information content (AvgIpc) is 2.64. The van der Waals surface area contributed by atoms with Crippen molar-refractivity contribution in [3.05, 3.63) is 77.1 Å². The summed E-state index contributed by atoms with van der Waals surface area (Å²) < 4.78 is 21.3. The summed E-state index contributed by atoms with van der Waals surface area (Å²) in [5.41, 5.74) is -2.27. The second kappa shape index (κ2) is 7.72. The molecule has 29 heavy (non-hydrogen) atoms. The molecule has 0 fully saturated rings. The van der Waals surface area contributed by atoms with Crippen molar-refractivity contribution in [2.75, 3.05) is 5.84 Å². The van der Waals surface area contributed by atoms with Crippen molar-refractivity contribution in [3.8, 4) is 17.2 Å². The summed E-state index contributed by atoms with van der Waals surface area (Å²) in [6.45, 7) is 3.32. The maximum atomic E-state index is 14.7. The highest BCUT2D eigenvalue weighted by atomic mass is 35.5. The topological polar surface area (TPSA) is 125 Å². The highest BCUT2D eigenvalue weighted by Gasteiger charge is 2.20. The zero-order valence-corrected chi connectivity index (χ0v) is 16.6. The standard InChI is InChI=1S/C17H14Cl2FN5O4/c1-7(2)13-14(20)11(5-22-16(13)27)29-15-9(18)3-8(4-10(15)19)25-17(28)24(21)12(26)6-23-25/h3-7H,21H2,1-2H3,(H,22,27). The van der Waals surface area contributed by atoms with Gasteiger partial charge in [0.25, 0.3) is 11.1 Å². The van der Waals surface area contributed by atoms with Gasteiger partial charge in [0.15, 0.2) is 17.3 Å². The number of hydrogen-bond acceptors (Lipinski definition) is 6. The Morgan fingerprint density at radius 2 is 1.83 bits per heavy atom. The van der Waals surface area contributed by atoms with Gasteiger partial charge in [-0.2, -0.15) is 14.5 Å². The predicted molar refractivity (Wildman–Crippen MR) is 105 cm³/mol. The fourth-order valence-electron chi connectivity index (χ4n) is 2.56. The Balaban J connectivity index is 2.08. The predicted octanol–water partition coefficient (Wildman–Crippen LogP) is 2.16. The molecule has 9 nitrogen and oxygen atoms in total. The Kier molecular flexibility index (Phi) is 5.49. The van der Waals surface area contributed by atoms with Crippen molar-refractivity contribution in [3.63, 3.8) is 0 Å². The van der Waals surface area contributed by atoms with E-state index >= 15 is 0 Å². The van der Waals surface area contributed by atoms with Crippen molar-refractivity contribution in [1.82, 2.24) is 19.4 Å². The van der Waals surface area contributed by atoms with Gasteiger partial charge < -0.3 is 15.6 Å². The molecule has 0 saturated carbocycles. The molecule has 3 rings (SSSR count). The molecule has 0 aliphatic rings. The van der Waals surface area contributed by atoms with Crippen molar-refractivity contribution in [1.29, 1.82) is 0 Å². The minimum Gasteiger partial charge on any atom is -0.450 e. The Morgan fingerprint density at radius 3 is 2.41 bits per heavy atom. The normalized spacial score (nSPS) is 11.1. The van der Waals surface area contributed by atoms with Gasteiger partial charge in [-0.15, -0.1) is 0 Å². The lowest BCUT2D eigenvalue weighted by molar-refractivity contribution is 0.432. The summed E-state index contributed by atoms with van der Waals surface area (Å²) in [6, 6.07) is 2.54. The van der Waals surface area contributed by atoms with Crippen LogP contribution in [0.4, 0.5) is 4.39 Å². The fraction of sp³-hybridized carbons (Fsp3) is 0.176. The van der Waals surface area contributed by atoms with Gasteiger partial charge in [0.2, 0.25) is 0 Å². The van der Waals surface area contributed by atoms with Gasteiger partial charge in [-0.3, -0.25) is 9.59 Å². The van der Waals surface area contributed by atoms with Crippen molar-refractivity contribution in [2.45, 2.75) is 19.8 Å². The number of H-pyrrole nitrogens is 1. The van der Waals surface area contributed by atoms with Crippen LogP contribution >= 0.6 is 23.2 Å². The van der Waals surface area contributed by atoms with E-state index in [0.717, 1.165) is 17.1 Å². The van der Waals surface area contributed by atoms with Crippen LogP contribution in [0.15, 0.2) is 38.9 Å². The number of hydrogen-bond donors (Lipinski definition) is 2. The number of nitrogen functional groups attached to an aromatic ring is 1. The summed E-state index contributed by atoms with van der Waals surface area (Å²) in [5, 5.41) is 3.54. The third kappa shape index (κ3) is 3.76. The molecule has 0 saturated heterocycles. The SMILES string of the molecule is CC(C)c1c(F)c(Oc2c(Cl)cc(-n3ncc(=O)n(N)c3=O)cc2Cl)c[nH]c1=O. The lowest BCUT2D eigenvalue weighted by Crippen LogP contribution is -2.44. The van der Waals surface area contributed by atoms with Crippen molar-refractivity contribution in [2.24, 2.45) is 0 Å². The monoisotopic (exact) mass is 441 g/mol. The van der Waals surface area contributed by atoms with Crippen LogP contribution in [0, 0.1) is 5.82 Å². The molecule has 2 aromatic heterocycles. The molecule has 0 atom stereocenters. The lowest BCUT2D eigenvalue weighted by atomic mass is 10.0. The van der Waals surface area contributed by atoms with E-state index in [1.807, 2.05) is 0 Å². The molecule has 12 heteroatoms. The molecule has 3 N–H and O–H groups in total. The Labute approximate surface area is 172 Å². The number of nitrogens with one attached hydrogen (secondary N) is 1. The second-order valence-corrected chi connectivity index (χ2v) is 7.07. The van der Waals surface area contributed by atoms with Gasteiger partial charge in [-0.05, 0) is 18.1 Å². The van der Waals surface area contributed by atoms with Crippen molar-refractivity contribution >= 4 is 23.2 Å². The number of pyridine rings is 1. The maximum Gasteiger partial charge on any atom is 0.370 e. The van der Waals surface area contributed by atoms with E-state index in [2.05, 4.69) is 10.1 Å². The first-order chi connectivity index (χ1) is 13.6. The molecule has 0 spiro atoms. The minimum absolute atomic E-state index is 0.0762. The summed E-state index contributed by atoms with van der Waals surface area (Å²) in [6.07, 6.45) is 1.90. The van der Waals surface area contributed by atoms with Gasteiger partial charge in [0, 0.05) is 6.20 Å². The molecule has 0 bridgehead atoms. The molecule has 0 unspecified atom stereocenters. The zero-order valence-electron chi connectivity index (χ0n) is 15.1. The lowest BCUT2D eigenvalue weighted by Gasteiger charge is -2.14. The molecule has 0 radical (unpaired) electrons. The molecule has 0 aliphatic carbocycles. The Bertz CT molecular complexity index is 1260. The van der Waals surface area contributed by atoms with Gasteiger partial charge in [-0.25, -0.2) is 9.18 Å². The van der Waals surface area contributed by atoms with Gasteiger partial charge >= 0.3 is 5.69 Å². The highest BCUT2D eigenvalue weighted by molar-refractivity contribution is 6.37. The number of nitrogens with zero attached hydrogens (tertiary/aromatic N) is 3. The van der Waals surface area contributed by atoms with Gasteiger partial charge in [0.1, 0.15) is 6.20 Å². The average molecular weight is 442 g/mol. The quantitative estimate of drug-likeness (QED) is 0.597. The van der Waals surface area contributed by atoms with Crippen LogP contribution in [0.25, 0.3) is 5.69 Å². The molecule has 1 aromatic carbocycles.